The highest BCUT2D eigenvalue weighted by atomic mass is 15.2. The van der Waals surface area contributed by atoms with E-state index in [9.17, 15) is 0 Å². The van der Waals surface area contributed by atoms with Gasteiger partial charge in [-0.05, 0) is 70.1 Å². The molecule has 0 atom stereocenters. The molecule has 3 nitrogen and oxygen atoms in total. The Morgan fingerprint density at radius 2 is 1.88 bits per heavy atom. The van der Waals surface area contributed by atoms with E-state index >= 15 is 0 Å². The Balaban J connectivity index is 2.00. The summed E-state index contributed by atoms with van der Waals surface area (Å²) in [6.07, 6.45) is 7.09. The Hall–Kier alpha value is -2.39. The summed E-state index contributed by atoms with van der Waals surface area (Å²) in [6.45, 7) is 10.1. The predicted octanol–water partition coefficient (Wildman–Crippen LogP) is 5.09. The molecule has 3 aromatic rings. The van der Waals surface area contributed by atoms with Crippen molar-refractivity contribution in [3.8, 4) is 0 Å². The summed E-state index contributed by atoms with van der Waals surface area (Å²) >= 11 is 0. The van der Waals surface area contributed by atoms with Crippen molar-refractivity contribution in [2.24, 2.45) is 0 Å². The molecule has 0 unspecified atom stereocenters. The van der Waals surface area contributed by atoms with Crippen molar-refractivity contribution in [2.45, 2.75) is 39.7 Å². The van der Waals surface area contributed by atoms with Gasteiger partial charge in [0, 0.05) is 53.7 Å². The van der Waals surface area contributed by atoms with Crippen molar-refractivity contribution in [1.82, 2.24) is 14.5 Å². The average molecular weight is 345 g/mol. The number of rotatable bonds is 2. The minimum absolute atomic E-state index is 0.0310. The molecule has 4 rings (SSSR count). The van der Waals surface area contributed by atoms with Gasteiger partial charge in [0.05, 0.1) is 5.52 Å². The van der Waals surface area contributed by atoms with Crippen LogP contribution in [0.15, 0.2) is 42.7 Å². The lowest BCUT2D eigenvalue weighted by molar-refractivity contribution is 0.144. The summed E-state index contributed by atoms with van der Waals surface area (Å²) in [6, 6.07) is 11.0. The van der Waals surface area contributed by atoms with Crippen LogP contribution in [0.4, 0.5) is 0 Å². The lowest BCUT2D eigenvalue weighted by atomic mass is 9.85. The van der Waals surface area contributed by atoms with Gasteiger partial charge in [-0.25, -0.2) is 0 Å². The van der Waals surface area contributed by atoms with E-state index in [2.05, 4.69) is 85.7 Å². The first-order chi connectivity index (χ1) is 12.4. The van der Waals surface area contributed by atoms with E-state index in [4.69, 9.17) is 0 Å². The van der Waals surface area contributed by atoms with Crippen molar-refractivity contribution >= 4 is 22.7 Å². The van der Waals surface area contributed by atoms with Crippen LogP contribution in [-0.2, 0) is 12.0 Å². The maximum Gasteiger partial charge on any atom is 0.0529 e. The van der Waals surface area contributed by atoms with Gasteiger partial charge in [0.15, 0.2) is 0 Å². The number of hydrogen-bond acceptors (Lipinski definition) is 2. The van der Waals surface area contributed by atoms with Crippen LogP contribution in [0.1, 0.15) is 43.2 Å². The molecule has 2 aromatic heterocycles. The minimum Gasteiger partial charge on any atom is -0.320 e. The van der Waals surface area contributed by atoms with E-state index < -0.39 is 0 Å². The van der Waals surface area contributed by atoms with Gasteiger partial charge < -0.3 is 4.57 Å². The molecule has 0 N–H and O–H groups in total. The molecule has 0 amide bonds. The average Bonchev–Trinajstić information content (AvgIpc) is 2.93. The zero-order chi connectivity index (χ0) is 18.5. The van der Waals surface area contributed by atoms with E-state index in [0.29, 0.717) is 0 Å². The van der Waals surface area contributed by atoms with Crippen LogP contribution in [-0.4, -0.2) is 28.0 Å². The van der Waals surface area contributed by atoms with E-state index in [1.807, 2.05) is 12.4 Å². The molecule has 26 heavy (non-hydrogen) atoms. The Morgan fingerprint density at radius 3 is 2.62 bits per heavy atom. The molecule has 1 aliphatic heterocycles. The van der Waals surface area contributed by atoms with Gasteiger partial charge in [0.1, 0.15) is 0 Å². The molecule has 3 heteroatoms. The number of aromatic nitrogens is 2. The fraction of sp³-hybridized carbons (Fsp3) is 0.348. The molecule has 1 aliphatic rings. The zero-order valence-electron chi connectivity index (χ0n) is 16.4. The maximum absolute atomic E-state index is 4.14. The quantitative estimate of drug-likeness (QED) is 0.645. The normalized spacial score (nSPS) is 17.5. The minimum atomic E-state index is 0.0310. The van der Waals surface area contributed by atoms with E-state index in [-0.39, 0.29) is 5.54 Å². The van der Waals surface area contributed by atoms with Crippen LogP contribution >= 0.6 is 0 Å². The lowest BCUT2D eigenvalue weighted by Crippen LogP contribution is -2.44. The molecule has 1 aromatic carbocycles. The monoisotopic (exact) mass is 345 g/mol. The molecule has 3 heterocycles. The summed E-state index contributed by atoms with van der Waals surface area (Å²) in [4.78, 5) is 6.62. The third-order valence-electron chi connectivity index (χ3n) is 5.97. The number of pyridine rings is 1. The number of fused-ring (bicyclic) bond motifs is 3. The third-order valence-corrected chi connectivity index (χ3v) is 5.97. The van der Waals surface area contributed by atoms with Crippen molar-refractivity contribution in [1.29, 1.82) is 0 Å². The van der Waals surface area contributed by atoms with Gasteiger partial charge in [0.25, 0.3) is 0 Å². The molecule has 0 bridgehead atoms. The lowest BCUT2D eigenvalue weighted by Gasteiger charge is -2.40. The van der Waals surface area contributed by atoms with Gasteiger partial charge in [-0.15, -0.1) is 0 Å². The van der Waals surface area contributed by atoms with Crippen LogP contribution in [0, 0.1) is 6.92 Å². The fourth-order valence-corrected chi connectivity index (χ4v) is 4.18. The number of benzene rings is 1. The first-order valence-corrected chi connectivity index (χ1v) is 9.33. The number of likely N-dealkylation sites (N-methyl/N-ethyl adjacent to an activating group) is 1. The molecule has 0 aliphatic carbocycles. The van der Waals surface area contributed by atoms with Crippen molar-refractivity contribution in [3.05, 3.63) is 65.1 Å². The molecule has 0 spiro atoms. The van der Waals surface area contributed by atoms with Gasteiger partial charge in [-0.1, -0.05) is 11.6 Å². The summed E-state index contributed by atoms with van der Waals surface area (Å²) in [5, 5.41) is 1.38. The van der Waals surface area contributed by atoms with E-state index in [1.165, 1.54) is 38.9 Å². The zero-order valence-corrected chi connectivity index (χ0v) is 16.4. The second-order valence-corrected chi connectivity index (χ2v) is 7.99. The van der Waals surface area contributed by atoms with Gasteiger partial charge in [-0.3, -0.25) is 9.88 Å². The molecular formula is C23H27N3. The van der Waals surface area contributed by atoms with Gasteiger partial charge in [-0.2, -0.15) is 0 Å². The first-order valence-electron chi connectivity index (χ1n) is 9.33. The Kier molecular flexibility index (Phi) is 4.00. The molecule has 134 valence electrons. The molecule has 0 radical (unpaired) electrons. The summed E-state index contributed by atoms with van der Waals surface area (Å²) < 4.78 is 2.43. The standard InChI is InChI=1S/C23H27N3/c1-16-6-7-20-19(14-16)22-21(10-13-25(5)23(22,3)4)26(20)15-17(2)18-8-11-24-12-9-18/h6-9,11-12,14-15H,10,13H2,1-5H3. The van der Waals surface area contributed by atoms with Gasteiger partial charge >= 0.3 is 0 Å². The Morgan fingerprint density at radius 1 is 1.15 bits per heavy atom. The van der Waals surface area contributed by atoms with E-state index in [1.54, 1.807) is 0 Å². The Bertz CT molecular complexity index is 993. The second-order valence-electron chi connectivity index (χ2n) is 7.99. The largest absolute Gasteiger partial charge is 0.320 e. The number of aryl methyl sites for hydroxylation is 1. The molecular weight excluding hydrogens is 318 g/mol. The number of nitrogens with zero attached hydrogens (tertiary/aromatic N) is 3. The SMILES string of the molecule is CC(=Cn1c2c(c3cc(C)ccc31)C(C)(C)N(C)CC2)c1ccncc1. The number of hydrogen-bond donors (Lipinski definition) is 0. The second kappa shape index (κ2) is 6.10. The summed E-state index contributed by atoms with van der Waals surface area (Å²) in [5.74, 6) is 0. The van der Waals surface area contributed by atoms with Crippen LogP contribution in [0.5, 0.6) is 0 Å². The first kappa shape index (κ1) is 17.0. The predicted molar refractivity (Wildman–Crippen MR) is 110 cm³/mol. The molecule has 0 fully saturated rings. The van der Waals surface area contributed by atoms with Crippen molar-refractivity contribution in [3.63, 3.8) is 0 Å². The van der Waals surface area contributed by atoms with Crippen LogP contribution in [0.25, 0.3) is 22.7 Å². The highest BCUT2D eigenvalue weighted by Crippen LogP contribution is 2.41. The summed E-state index contributed by atoms with van der Waals surface area (Å²) in [5.41, 5.74) is 8.04. The molecule has 0 saturated carbocycles. The highest BCUT2D eigenvalue weighted by molar-refractivity contribution is 5.91. The molecule has 0 saturated heterocycles. The maximum atomic E-state index is 4.14. The van der Waals surface area contributed by atoms with Crippen LogP contribution in [0.2, 0.25) is 0 Å². The van der Waals surface area contributed by atoms with Crippen LogP contribution < -0.4 is 0 Å². The van der Waals surface area contributed by atoms with Gasteiger partial charge in [0.2, 0.25) is 0 Å². The van der Waals surface area contributed by atoms with E-state index in [0.717, 1.165) is 13.0 Å². The van der Waals surface area contributed by atoms with Crippen molar-refractivity contribution in [2.75, 3.05) is 13.6 Å². The van der Waals surface area contributed by atoms with Crippen LogP contribution in [0.3, 0.4) is 0 Å². The van der Waals surface area contributed by atoms with Crippen molar-refractivity contribution < 1.29 is 0 Å². The Labute approximate surface area is 156 Å². The summed E-state index contributed by atoms with van der Waals surface area (Å²) in [7, 11) is 2.24. The smallest absolute Gasteiger partial charge is 0.0529 e. The topological polar surface area (TPSA) is 21.1 Å². The fourth-order valence-electron chi connectivity index (χ4n) is 4.18. The highest BCUT2D eigenvalue weighted by Gasteiger charge is 2.36. The third kappa shape index (κ3) is 2.58. The number of allylic oxidation sites excluding steroid dienone is 1.